The van der Waals surface area contributed by atoms with Crippen LogP contribution in [-0.2, 0) is 5.41 Å². The Balaban J connectivity index is 1.08. The quantitative estimate of drug-likeness (QED) is 0.170. The summed E-state index contributed by atoms with van der Waals surface area (Å²) >= 11 is 0. The van der Waals surface area contributed by atoms with Crippen molar-refractivity contribution in [2.24, 2.45) is 0 Å². The third-order valence-corrected chi connectivity index (χ3v) is 11.8. The number of hydrogen-bond donors (Lipinski definition) is 0. The van der Waals surface area contributed by atoms with Gasteiger partial charge in [-0.2, -0.15) is 0 Å². The molecule has 0 N–H and O–H groups in total. The van der Waals surface area contributed by atoms with Crippen LogP contribution in [-0.4, -0.2) is 19.5 Å². The molecule has 0 bridgehead atoms. The molecule has 10 aromatic rings. The first-order chi connectivity index (χ1) is 28.5. The lowest BCUT2D eigenvalue weighted by molar-refractivity contribution is 0.666. The second-order valence-electron chi connectivity index (χ2n) is 15.7. The highest BCUT2D eigenvalue weighted by atomic mass is 15.0. The first kappa shape index (κ1) is 33.9. The van der Waals surface area contributed by atoms with Gasteiger partial charge in [-0.1, -0.05) is 178 Å². The normalized spacial score (nSPS) is 12.8. The van der Waals surface area contributed by atoms with E-state index in [-0.39, 0.29) is 5.41 Å². The number of aromatic nitrogens is 4. The fourth-order valence-electron chi connectivity index (χ4n) is 9.07. The molecule has 0 fully saturated rings. The summed E-state index contributed by atoms with van der Waals surface area (Å²) in [7, 11) is 0. The van der Waals surface area contributed by atoms with Crippen LogP contribution in [0.4, 0.5) is 0 Å². The van der Waals surface area contributed by atoms with Crippen molar-refractivity contribution in [2.75, 3.05) is 0 Å². The van der Waals surface area contributed by atoms with E-state index < -0.39 is 0 Å². The molecule has 0 amide bonds. The Kier molecular flexibility index (Phi) is 7.80. The van der Waals surface area contributed by atoms with Gasteiger partial charge in [0.1, 0.15) is 0 Å². The van der Waals surface area contributed by atoms with Gasteiger partial charge in [0.2, 0.25) is 0 Å². The van der Waals surface area contributed by atoms with E-state index in [4.69, 9.17) is 15.0 Å². The van der Waals surface area contributed by atoms with Crippen LogP contribution in [0.2, 0.25) is 0 Å². The average Bonchev–Trinajstić information content (AvgIpc) is 3.75. The lowest BCUT2D eigenvalue weighted by atomic mass is 9.80. The van der Waals surface area contributed by atoms with E-state index in [1.807, 2.05) is 12.1 Å². The molecule has 0 radical (unpaired) electrons. The van der Waals surface area contributed by atoms with Crippen LogP contribution in [0.5, 0.6) is 0 Å². The molecule has 0 saturated heterocycles. The molecule has 274 valence electrons. The fourth-order valence-corrected chi connectivity index (χ4v) is 9.07. The fraction of sp³-hybridized carbons (Fsp3) is 0.0556. The first-order valence-electron chi connectivity index (χ1n) is 19.9. The van der Waals surface area contributed by atoms with Gasteiger partial charge in [-0.15, -0.1) is 0 Å². The van der Waals surface area contributed by atoms with E-state index in [1.54, 1.807) is 0 Å². The summed E-state index contributed by atoms with van der Waals surface area (Å²) in [6.45, 7) is 4.73. The highest BCUT2D eigenvalue weighted by Gasteiger charge is 2.38. The highest BCUT2D eigenvalue weighted by Crippen LogP contribution is 2.53. The molecule has 4 nitrogen and oxygen atoms in total. The summed E-state index contributed by atoms with van der Waals surface area (Å²) in [5, 5.41) is 2.56. The SMILES string of the molecule is CC1(C)c2ccccc2-c2ccc3c(c21)c1ccccc1n3-c1cccc(-c2nc(-c3ccc(-c4ccccc4)cc3)nc(-c3cccc(-c4ccccc4)c3)n2)c1. The number of hydrogen-bond acceptors (Lipinski definition) is 3. The second-order valence-corrected chi connectivity index (χ2v) is 15.7. The van der Waals surface area contributed by atoms with Crippen molar-refractivity contribution in [1.82, 2.24) is 19.5 Å². The molecule has 0 spiro atoms. The standard InChI is InChI=1S/C54H38N4/c1-54(2)46-25-11-9-23-43(46)44-31-32-48-49(50(44)54)45-24-10-12-26-47(45)58(48)42-22-14-21-41(34-42)53-56-51(38-29-27-37(28-30-38)35-15-5-3-6-16-35)55-52(57-53)40-20-13-19-39(33-40)36-17-7-4-8-18-36/h3-34H,1-2H3. The van der Waals surface area contributed by atoms with Gasteiger partial charge in [0, 0.05) is 38.6 Å². The predicted octanol–water partition coefficient (Wildman–Crippen LogP) is 13.6. The third kappa shape index (κ3) is 5.48. The van der Waals surface area contributed by atoms with Crippen LogP contribution in [0.25, 0.3) is 95.0 Å². The number of fused-ring (bicyclic) bond motifs is 7. The molecular formula is C54H38N4. The molecule has 0 saturated carbocycles. The molecule has 0 aliphatic heterocycles. The first-order valence-corrected chi connectivity index (χ1v) is 19.9. The summed E-state index contributed by atoms with van der Waals surface area (Å²) < 4.78 is 2.40. The van der Waals surface area contributed by atoms with E-state index in [0.29, 0.717) is 17.5 Å². The number of nitrogens with zero attached hydrogens (tertiary/aromatic N) is 4. The van der Waals surface area contributed by atoms with E-state index in [9.17, 15) is 0 Å². The van der Waals surface area contributed by atoms with Crippen molar-refractivity contribution in [3.8, 4) is 73.2 Å². The van der Waals surface area contributed by atoms with Crippen molar-refractivity contribution in [2.45, 2.75) is 19.3 Å². The van der Waals surface area contributed by atoms with E-state index in [2.05, 4.69) is 200 Å². The monoisotopic (exact) mass is 742 g/mol. The zero-order valence-corrected chi connectivity index (χ0v) is 32.3. The molecule has 4 heteroatoms. The molecule has 2 aromatic heterocycles. The zero-order chi connectivity index (χ0) is 38.8. The smallest absolute Gasteiger partial charge is 0.164 e. The van der Waals surface area contributed by atoms with E-state index in [1.165, 1.54) is 49.6 Å². The van der Waals surface area contributed by atoms with Gasteiger partial charge in [0.05, 0.1) is 11.0 Å². The molecule has 0 atom stereocenters. The van der Waals surface area contributed by atoms with Crippen LogP contribution in [0.3, 0.4) is 0 Å². The maximum absolute atomic E-state index is 5.20. The van der Waals surface area contributed by atoms with Crippen LogP contribution >= 0.6 is 0 Å². The largest absolute Gasteiger partial charge is 0.309 e. The Morgan fingerprint density at radius 3 is 1.66 bits per heavy atom. The summed E-state index contributed by atoms with van der Waals surface area (Å²) in [6, 6.07) is 68.8. The summed E-state index contributed by atoms with van der Waals surface area (Å²) in [6.07, 6.45) is 0. The Morgan fingerprint density at radius 1 is 0.379 bits per heavy atom. The number of para-hydroxylation sites is 1. The molecular weight excluding hydrogens is 705 g/mol. The molecule has 58 heavy (non-hydrogen) atoms. The Hall–Kier alpha value is -7.43. The maximum atomic E-state index is 5.20. The van der Waals surface area contributed by atoms with Crippen molar-refractivity contribution in [3.63, 3.8) is 0 Å². The van der Waals surface area contributed by atoms with E-state index in [0.717, 1.165) is 39.1 Å². The van der Waals surface area contributed by atoms with Crippen LogP contribution in [0, 0.1) is 0 Å². The van der Waals surface area contributed by atoms with Gasteiger partial charge in [0.25, 0.3) is 0 Å². The summed E-state index contributed by atoms with van der Waals surface area (Å²) in [5.74, 6) is 1.88. The van der Waals surface area contributed by atoms with Crippen LogP contribution in [0.15, 0.2) is 194 Å². The Labute approximate surface area is 337 Å². The minimum absolute atomic E-state index is 0.142. The van der Waals surface area contributed by atoms with Crippen molar-refractivity contribution < 1.29 is 0 Å². The zero-order valence-electron chi connectivity index (χ0n) is 32.3. The van der Waals surface area contributed by atoms with Crippen molar-refractivity contribution >= 4 is 21.8 Å². The van der Waals surface area contributed by atoms with Crippen molar-refractivity contribution in [1.29, 1.82) is 0 Å². The number of benzene rings is 8. The average molecular weight is 743 g/mol. The van der Waals surface area contributed by atoms with Gasteiger partial charge in [-0.05, 0) is 74.8 Å². The van der Waals surface area contributed by atoms with Gasteiger partial charge in [0.15, 0.2) is 17.5 Å². The van der Waals surface area contributed by atoms with Crippen LogP contribution < -0.4 is 0 Å². The Bertz CT molecular complexity index is 3180. The highest BCUT2D eigenvalue weighted by molar-refractivity contribution is 6.14. The van der Waals surface area contributed by atoms with E-state index >= 15 is 0 Å². The second kappa shape index (κ2) is 13.4. The topological polar surface area (TPSA) is 43.6 Å². The minimum atomic E-state index is -0.142. The summed E-state index contributed by atoms with van der Waals surface area (Å²) in [5.41, 5.74) is 16.0. The van der Waals surface area contributed by atoms with Gasteiger partial charge in [-0.25, -0.2) is 15.0 Å². The van der Waals surface area contributed by atoms with Gasteiger partial charge < -0.3 is 4.57 Å². The summed E-state index contributed by atoms with van der Waals surface area (Å²) in [4.78, 5) is 15.5. The number of rotatable bonds is 6. The van der Waals surface area contributed by atoms with Gasteiger partial charge >= 0.3 is 0 Å². The Morgan fingerprint density at radius 2 is 0.914 bits per heavy atom. The molecule has 11 rings (SSSR count). The molecule has 1 aliphatic carbocycles. The lowest BCUT2D eigenvalue weighted by Crippen LogP contribution is -2.15. The third-order valence-electron chi connectivity index (χ3n) is 11.8. The van der Waals surface area contributed by atoms with Crippen LogP contribution in [0.1, 0.15) is 25.0 Å². The molecule has 1 aliphatic rings. The minimum Gasteiger partial charge on any atom is -0.309 e. The maximum Gasteiger partial charge on any atom is 0.164 e. The van der Waals surface area contributed by atoms with Crippen molar-refractivity contribution in [3.05, 3.63) is 205 Å². The molecule has 0 unspecified atom stereocenters. The lowest BCUT2D eigenvalue weighted by Gasteiger charge is -2.22. The molecule has 8 aromatic carbocycles. The predicted molar refractivity (Wildman–Crippen MR) is 239 cm³/mol. The molecule has 2 heterocycles. The van der Waals surface area contributed by atoms with Gasteiger partial charge in [-0.3, -0.25) is 0 Å².